The number of methoxy groups -OCH3 is 1. The van der Waals surface area contributed by atoms with Gasteiger partial charge in [-0.3, -0.25) is 14.5 Å². The number of ether oxygens (including phenoxy) is 2. The Balaban J connectivity index is 1.88. The SMILES string of the molecule is COc1ccccc1C1/C(=C(\O)c2ccc(OCC(C)C)c(C)c2)C(=O)C(=O)N1c1ccc(F)cc1. The van der Waals surface area contributed by atoms with E-state index in [-0.39, 0.29) is 11.3 Å². The molecule has 6 nitrogen and oxygen atoms in total. The zero-order valence-corrected chi connectivity index (χ0v) is 20.6. The summed E-state index contributed by atoms with van der Waals surface area (Å²) in [4.78, 5) is 27.9. The summed E-state index contributed by atoms with van der Waals surface area (Å²) < 4.78 is 25.0. The zero-order valence-electron chi connectivity index (χ0n) is 20.6. The number of carbonyl (C=O) groups is 2. The summed E-state index contributed by atoms with van der Waals surface area (Å²) in [6.07, 6.45) is 0. The third-order valence-corrected chi connectivity index (χ3v) is 6.00. The number of hydrogen-bond acceptors (Lipinski definition) is 5. The second-order valence-corrected chi connectivity index (χ2v) is 9.07. The highest BCUT2D eigenvalue weighted by atomic mass is 19.1. The molecule has 1 aliphatic rings. The predicted molar refractivity (Wildman–Crippen MR) is 136 cm³/mol. The fourth-order valence-electron chi connectivity index (χ4n) is 4.26. The lowest BCUT2D eigenvalue weighted by molar-refractivity contribution is -0.132. The molecule has 0 saturated carbocycles. The van der Waals surface area contributed by atoms with Crippen LogP contribution in [0.4, 0.5) is 10.1 Å². The van der Waals surface area contributed by atoms with Crippen LogP contribution in [-0.4, -0.2) is 30.5 Å². The summed E-state index contributed by atoms with van der Waals surface area (Å²) in [5, 5.41) is 11.4. The summed E-state index contributed by atoms with van der Waals surface area (Å²) >= 11 is 0. The molecule has 36 heavy (non-hydrogen) atoms. The van der Waals surface area contributed by atoms with E-state index in [2.05, 4.69) is 0 Å². The molecule has 1 atom stereocenters. The minimum absolute atomic E-state index is 0.0796. The zero-order chi connectivity index (χ0) is 26.0. The molecule has 0 aromatic heterocycles. The standard InChI is InChI=1S/C29H28FNO5/c1-17(2)16-36-23-14-9-19(15-18(23)3)27(32)25-26(22-7-5-6-8-24(22)35-4)31(29(34)28(25)33)21-12-10-20(30)11-13-21/h5-15,17,26,32H,16H2,1-4H3/b27-25+. The van der Waals surface area contributed by atoms with Crippen molar-refractivity contribution in [3.63, 3.8) is 0 Å². The highest BCUT2D eigenvalue weighted by Crippen LogP contribution is 2.45. The highest BCUT2D eigenvalue weighted by molar-refractivity contribution is 6.51. The minimum Gasteiger partial charge on any atom is -0.507 e. The van der Waals surface area contributed by atoms with Gasteiger partial charge in [0, 0.05) is 16.8 Å². The molecule has 1 unspecified atom stereocenters. The number of Topliss-reactive ketones (excluding diaryl/α,β-unsaturated/α-hetero) is 1. The third-order valence-electron chi connectivity index (χ3n) is 6.00. The molecule has 7 heteroatoms. The number of para-hydroxylation sites is 1. The molecule has 0 bridgehead atoms. The number of aliphatic hydroxyl groups excluding tert-OH is 1. The Labute approximate surface area is 209 Å². The van der Waals surface area contributed by atoms with Gasteiger partial charge in [0.25, 0.3) is 11.7 Å². The van der Waals surface area contributed by atoms with Crippen molar-refractivity contribution in [3.8, 4) is 11.5 Å². The number of benzene rings is 3. The Bertz CT molecular complexity index is 1330. The van der Waals surface area contributed by atoms with E-state index in [4.69, 9.17) is 9.47 Å². The van der Waals surface area contributed by atoms with Gasteiger partial charge in [0.05, 0.1) is 25.3 Å². The second-order valence-electron chi connectivity index (χ2n) is 9.07. The van der Waals surface area contributed by atoms with Crippen LogP contribution < -0.4 is 14.4 Å². The Morgan fingerprint density at radius 2 is 1.72 bits per heavy atom. The van der Waals surface area contributed by atoms with Gasteiger partial charge in [-0.05, 0) is 66.9 Å². The van der Waals surface area contributed by atoms with Crippen molar-refractivity contribution >= 4 is 23.1 Å². The molecule has 1 heterocycles. The van der Waals surface area contributed by atoms with Gasteiger partial charge in [-0.1, -0.05) is 32.0 Å². The Morgan fingerprint density at radius 3 is 2.36 bits per heavy atom. The van der Waals surface area contributed by atoms with Crippen LogP contribution in [-0.2, 0) is 9.59 Å². The van der Waals surface area contributed by atoms with Crippen LogP contribution in [0.1, 0.15) is 36.6 Å². The molecule has 186 valence electrons. The van der Waals surface area contributed by atoms with Crippen LogP contribution in [0.25, 0.3) is 5.76 Å². The van der Waals surface area contributed by atoms with Gasteiger partial charge in [0.1, 0.15) is 23.1 Å². The highest BCUT2D eigenvalue weighted by Gasteiger charge is 2.47. The van der Waals surface area contributed by atoms with Crippen LogP contribution >= 0.6 is 0 Å². The fraction of sp³-hybridized carbons (Fsp3) is 0.241. The summed E-state index contributed by atoms with van der Waals surface area (Å²) in [6, 6.07) is 16.4. The molecule has 1 N–H and O–H groups in total. The molecule has 0 spiro atoms. The van der Waals surface area contributed by atoms with Crippen LogP contribution in [0.15, 0.2) is 72.3 Å². The van der Waals surface area contributed by atoms with Gasteiger partial charge < -0.3 is 14.6 Å². The van der Waals surface area contributed by atoms with Crippen LogP contribution in [0.5, 0.6) is 11.5 Å². The number of nitrogens with zero attached hydrogens (tertiary/aromatic N) is 1. The van der Waals surface area contributed by atoms with Crippen molar-refractivity contribution in [2.45, 2.75) is 26.8 Å². The molecule has 3 aromatic rings. The average Bonchev–Trinajstić information content (AvgIpc) is 3.13. The molecule has 4 rings (SSSR count). The minimum atomic E-state index is -0.983. The lowest BCUT2D eigenvalue weighted by Gasteiger charge is -2.26. The lowest BCUT2D eigenvalue weighted by Crippen LogP contribution is -2.29. The molecule has 1 amide bonds. The number of aliphatic hydroxyl groups is 1. The van der Waals surface area contributed by atoms with Gasteiger partial charge in [0.2, 0.25) is 0 Å². The smallest absolute Gasteiger partial charge is 0.300 e. The summed E-state index contributed by atoms with van der Waals surface area (Å²) in [6.45, 7) is 6.49. The second kappa shape index (κ2) is 10.2. The topological polar surface area (TPSA) is 76.1 Å². The number of anilines is 1. The Morgan fingerprint density at radius 1 is 1.03 bits per heavy atom. The first-order valence-electron chi connectivity index (χ1n) is 11.7. The van der Waals surface area contributed by atoms with Crippen LogP contribution in [0, 0.1) is 18.7 Å². The van der Waals surface area contributed by atoms with Crippen LogP contribution in [0.2, 0.25) is 0 Å². The van der Waals surface area contributed by atoms with Crippen LogP contribution in [0.3, 0.4) is 0 Å². The fourth-order valence-corrected chi connectivity index (χ4v) is 4.26. The van der Waals surface area contributed by atoms with Gasteiger partial charge >= 0.3 is 0 Å². The van der Waals surface area contributed by atoms with Gasteiger partial charge in [-0.15, -0.1) is 0 Å². The number of rotatable bonds is 7. The van der Waals surface area contributed by atoms with E-state index in [9.17, 15) is 19.1 Å². The lowest BCUT2D eigenvalue weighted by atomic mass is 9.94. The predicted octanol–water partition coefficient (Wildman–Crippen LogP) is 5.80. The maximum absolute atomic E-state index is 13.6. The van der Waals surface area contributed by atoms with Crippen molar-refractivity contribution < 1.29 is 28.6 Å². The van der Waals surface area contributed by atoms with Gasteiger partial charge in [0.15, 0.2) is 0 Å². The van der Waals surface area contributed by atoms with E-state index in [1.54, 1.807) is 42.5 Å². The number of amides is 1. The average molecular weight is 490 g/mol. The monoisotopic (exact) mass is 489 g/mol. The summed E-state index contributed by atoms with van der Waals surface area (Å²) in [5.74, 6) is -0.991. The number of aryl methyl sites for hydroxylation is 1. The van der Waals surface area contributed by atoms with Gasteiger partial charge in [-0.25, -0.2) is 4.39 Å². The van der Waals surface area contributed by atoms with E-state index in [0.29, 0.717) is 40.8 Å². The van der Waals surface area contributed by atoms with E-state index >= 15 is 0 Å². The van der Waals surface area contributed by atoms with Crippen molar-refractivity contribution in [1.82, 2.24) is 0 Å². The number of halogens is 1. The van der Waals surface area contributed by atoms with E-state index < -0.39 is 23.5 Å². The summed E-state index contributed by atoms with van der Waals surface area (Å²) in [5.41, 5.74) is 1.91. The largest absolute Gasteiger partial charge is 0.507 e. The molecule has 3 aromatic carbocycles. The van der Waals surface area contributed by atoms with Crippen molar-refractivity contribution in [3.05, 3.63) is 94.8 Å². The first-order valence-corrected chi connectivity index (χ1v) is 11.7. The van der Waals surface area contributed by atoms with E-state index in [1.165, 1.54) is 36.3 Å². The van der Waals surface area contributed by atoms with E-state index in [1.807, 2.05) is 20.8 Å². The molecular formula is C29H28FNO5. The van der Waals surface area contributed by atoms with Crippen molar-refractivity contribution in [2.24, 2.45) is 5.92 Å². The quantitative estimate of drug-likeness (QED) is 0.258. The number of carbonyl (C=O) groups excluding carboxylic acids is 2. The first-order chi connectivity index (χ1) is 17.2. The van der Waals surface area contributed by atoms with Crippen molar-refractivity contribution in [2.75, 3.05) is 18.6 Å². The maximum atomic E-state index is 13.6. The normalized spacial score (nSPS) is 17.1. The molecule has 1 aliphatic heterocycles. The van der Waals surface area contributed by atoms with Crippen molar-refractivity contribution in [1.29, 1.82) is 0 Å². The molecule has 1 saturated heterocycles. The van der Waals surface area contributed by atoms with Gasteiger partial charge in [-0.2, -0.15) is 0 Å². The Hall–Kier alpha value is -4.13. The Kier molecular flexibility index (Phi) is 7.10. The first kappa shape index (κ1) is 25.0. The molecule has 1 fully saturated rings. The maximum Gasteiger partial charge on any atom is 0.300 e. The number of ketones is 1. The number of hydrogen-bond donors (Lipinski definition) is 1. The molecule has 0 aliphatic carbocycles. The molecule has 0 radical (unpaired) electrons. The van der Waals surface area contributed by atoms with E-state index in [0.717, 1.165) is 5.56 Å². The molecular weight excluding hydrogens is 461 g/mol. The summed E-state index contributed by atoms with van der Waals surface area (Å²) in [7, 11) is 1.49. The third kappa shape index (κ3) is 4.69.